The van der Waals surface area contributed by atoms with Gasteiger partial charge in [0.15, 0.2) is 5.65 Å². The van der Waals surface area contributed by atoms with E-state index in [1.165, 1.54) is 6.92 Å². The summed E-state index contributed by atoms with van der Waals surface area (Å²) in [5, 5.41) is 12.5. The molecule has 0 saturated heterocycles. The predicted octanol–water partition coefficient (Wildman–Crippen LogP) is 2.05. The van der Waals surface area contributed by atoms with Gasteiger partial charge in [0.2, 0.25) is 5.91 Å². The average Bonchev–Trinajstić information content (AvgIpc) is 3.26. The zero-order chi connectivity index (χ0) is 17.8. The number of carbonyl (C=O) groups is 2. The van der Waals surface area contributed by atoms with Crippen molar-refractivity contribution in [3.8, 4) is 10.6 Å². The minimum Gasteiger partial charge on any atom is -0.355 e. The van der Waals surface area contributed by atoms with Crippen LogP contribution in [-0.2, 0) is 11.3 Å². The third kappa shape index (κ3) is 3.69. The highest BCUT2D eigenvalue weighted by Crippen LogP contribution is 2.27. The number of fused-ring (bicyclic) bond motifs is 1. The van der Waals surface area contributed by atoms with E-state index in [1.54, 1.807) is 28.3 Å². The lowest BCUT2D eigenvalue weighted by Crippen LogP contribution is -2.33. The molecule has 3 rings (SSSR count). The lowest BCUT2D eigenvalue weighted by Gasteiger charge is -2.09. The van der Waals surface area contributed by atoms with Crippen LogP contribution in [-0.4, -0.2) is 39.7 Å². The lowest BCUT2D eigenvalue weighted by atomic mass is 10.1. The zero-order valence-corrected chi connectivity index (χ0v) is 14.9. The molecule has 0 aliphatic carbocycles. The fourth-order valence-corrected chi connectivity index (χ4v) is 3.21. The second kappa shape index (κ2) is 7.43. The average molecular weight is 357 g/mol. The van der Waals surface area contributed by atoms with E-state index >= 15 is 0 Å². The number of rotatable bonds is 6. The molecule has 0 saturated carbocycles. The largest absolute Gasteiger partial charge is 0.355 e. The molecule has 3 aromatic heterocycles. The van der Waals surface area contributed by atoms with Crippen molar-refractivity contribution in [1.82, 2.24) is 25.4 Å². The van der Waals surface area contributed by atoms with Crippen LogP contribution in [0, 0.1) is 0 Å². The first-order valence-electron chi connectivity index (χ1n) is 8.03. The van der Waals surface area contributed by atoms with E-state index in [0.717, 1.165) is 16.0 Å². The fraction of sp³-hybridized carbons (Fsp3) is 0.294. The summed E-state index contributed by atoms with van der Waals surface area (Å²) >= 11 is 1.57. The van der Waals surface area contributed by atoms with Gasteiger partial charge in [0.1, 0.15) is 0 Å². The molecular formula is C17H19N5O2S. The Labute approximate surface area is 149 Å². The van der Waals surface area contributed by atoms with Crippen molar-refractivity contribution in [2.75, 3.05) is 13.1 Å². The van der Waals surface area contributed by atoms with Crippen LogP contribution >= 0.6 is 11.3 Å². The summed E-state index contributed by atoms with van der Waals surface area (Å²) in [5.74, 6) is -0.323. The maximum atomic E-state index is 12.6. The molecule has 25 heavy (non-hydrogen) atoms. The summed E-state index contributed by atoms with van der Waals surface area (Å²) in [7, 11) is 0. The van der Waals surface area contributed by atoms with Crippen LogP contribution in [0.5, 0.6) is 0 Å². The molecule has 0 spiro atoms. The van der Waals surface area contributed by atoms with Crippen molar-refractivity contribution < 1.29 is 9.59 Å². The van der Waals surface area contributed by atoms with E-state index in [1.807, 2.05) is 24.4 Å². The van der Waals surface area contributed by atoms with Gasteiger partial charge in [0, 0.05) is 26.6 Å². The number of nitrogens with zero attached hydrogens (tertiary/aromatic N) is 3. The van der Waals surface area contributed by atoms with E-state index in [9.17, 15) is 9.59 Å². The minimum atomic E-state index is -0.203. The summed E-state index contributed by atoms with van der Waals surface area (Å²) in [6, 6.07) is 5.73. The molecular weight excluding hydrogens is 338 g/mol. The van der Waals surface area contributed by atoms with Gasteiger partial charge < -0.3 is 10.6 Å². The molecule has 0 aromatic carbocycles. The first kappa shape index (κ1) is 17.1. The van der Waals surface area contributed by atoms with Crippen LogP contribution in [0.3, 0.4) is 0 Å². The molecule has 3 aromatic rings. The van der Waals surface area contributed by atoms with E-state index in [0.29, 0.717) is 30.8 Å². The van der Waals surface area contributed by atoms with Gasteiger partial charge in [-0.25, -0.2) is 9.67 Å². The number of carbonyl (C=O) groups excluding carboxylic acids is 2. The summed E-state index contributed by atoms with van der Waals surface area (Å²) in [6.45, 7) is 4.85. The van der Waals surface area contributed by atoms with Crippen molar-refractivity contribution in [2.24, 2.45) is 0 Å². The van der Waals surface area contributed by atoms with Gasteiger partial charge in [-0.2, -0.15) is 5.10 Å². The topological polar surface area (TPSA) is 88.9 Å². The van der Waals surface area contributed by atoms with E-state index in [2.05, 4.69) is 20.7 Å². The Morgan fingerprint density at radius 1 is 1.28 bits per heavy atom. The Morgan fingerprint density at radius 2 is 2.08 bits per heavy atom. The monoisotopic (exact) mass is 357 g/mol. The highest BCUT2D eigenvalue weighted by Gasteiger charge is 2.17. The summed E-state index contributed by atoms with van der Waals surface area (Å²) in [4.78, 5) is 29.2. The molecule has 0 aliphatic heterocycles. The Bertz CT molecular complexity index is 901. The van der Waals surface area contributed by atoms with Crippen LogP contribution in [0.4, 0.5) is 0 Å². The van der Waals surface area contributed by atoms with Gasteiger partial charge >= 0.3 is 0 Å². The summed E-state index contributed by atoms with van der Waals surface area (Å²) in [6.07, 6.45) is 1.67. The molecule has 3 heterocycles. The van der Waals surface area contributed by atoms with Gasteiger partial charge in [0.25, 0.3) is 5.91 Å². The number of amides is 2. The first-order chi connectivity index (χ1) is 12.1. The molecule has 0 atom stereocenters. The third-order valence-electron chi connectivity index (χ3n) is 3.71. The Balaban J connectivity index is 1.94. The standard InChI is InChI=1S/C17H19N5O2S/c1-3-22-16-13(10-20-22)12(17(24)19-7-6-18-11(2)23)9-14(21-16)15-5-4-8-25-15/h4-5,8-10H,3,6-7H2,1-2H3,(H,18,23)(H,19,24). The van der Waals surface area contributed by atoms with E-state index < -0.39 is 0 Å². The molecule has 0 aliphatic rings. The number of thiophene rings is 1. The maximum absolute atomic E-state index is 12.6. The second-order valence-corrected chi connectivity index (χ2v) is 6.42. The van der Waals surface area contributed by atoms with Crippen LogP contribution in [0.2, 0.25) is 0 Å². The molecule has 130 valence electrons. The van der Waals surface area contributed by atoms with Crippen molar-refractivity contribution in [2.45, 2.75) is 20.4 Å². The van der Waals surface area contributed by atoms with Crippen molar-refractivity contribution in [3.63, 3.8) is 0 Å². The first-order valence-corrected chi connectivity index (χ1v) is 8.91. The van der Waals surface area contributed by atoms with Crippen LogP contribution < -0.4 is 10.6 Å². The molecule has 2 amide bonds. The number of nitrogens with one attached hydrogen (secondary N) is 2. The molecule has 7 nitrogen and oxygen atoms in total. The number of hydrogen-bond acceptors (Lipinski definition) is 5. The number of pyridine rings is 1. The quantitative estimate of drug-likeness (QED) is 0.661. The van der Waals surface area contributed by atoms with E-state index in [4.69, 9.17) is 0 Å². The molecule has 0 unspecified atom stereocenters. The molecule has 0 bridgehead atoms. The Kier molecular flexibility index (Phi) is 5.08. The molecule has 0 fully saturated rings. The fourth-order valence-electron chi connectivity index (χ4n) is 2.53. The third-order valence-corrected chi connectivity index (χ3v) is 4.60. The van der Waals surface area contributed by atoms with Gasteiger partial charge in [0.05, 0.1) is 27.7 Å². The Morgan fingerprint density at radius 3 is 2.76 bits per heavy atom. The van der Waals surface area contributed by atoms with Gasteiger partial charge in [-0.1, -0.05) is 6.07 Å². The normalized spacial score (nSPS) is 10.8. The van der Waals surface area contributed by atoms with Crippen LogP contribution in [0.25, 0.3) is 21.6 Å². The predicted molar refractivity (Wildman–Crippen MR) is 97.5 cm³/mol. The second-order valence-electron chi connectivity index (χ2n) is 5.47. The van der Waals surface area contributed by atoms with Crippen molar-refractivity contribution in [3.05, 3.63) is 35.3 Å². The van der Waals surface area contributed by atoms with Crippen LogP contribution in [0.1, 0.15) is 24.2 Å². The molecule has 8 heteroatoms. The lowest BCUT2D eigenvalue weighted by molar-refractivity contribution is -0.118. The van der Waals surface area contributed by atoms with Gasteiger partial charge in [-0.05, 0) is 24.4 Å². The maximum Gasteiger partial charge on any atom is 0.252 e. The summed E-state index contributed by atoms with van der Waals surface area (Å²) < 4.78 is 1.78. The number of aromatic nitrogens is 3. The zero-order valence-electron chi connectivity index (χ0n) is 14.1. The highest BCUT2D eigenvalue weighted by atomic mass is 32.1. The van der Waals surface area contributed by atoms with Gasteiger partial charge in [-0.3, -0.25) is 9.59 Å². The molecule has 2 N–H and O–H groups in total. The number of aryl methyl sites for hydroxylation is 1. The van der Waals surface area contributed by atoms with Crippen molar-refractivity contribution in [1.29, 1.82) is 0 Å². The number of hydrogen-bond donors (Lipinski definition) is 2. The summed E-state index contributed by atoms with van der Waals surface area (Å²) in [5.41, 5.74) is 1.99. The minimum absolute atomic E-state index is 0.121. The van der Waals surface area contributed by atoms with Gasteiger partial charge in [-0.15, -0.1) is 11.3 Å². The molecule has 0 radical (unpaired) electrons. The van der Waals surface area contributed by atoms with Crippen molar-refractivity contribution >= 4 is 34.2 Å². The van der Waals surface area contributed by atoms with Crippen LogP contribution in [0.15, 0.2) is 29.8 Å². The SMILES string of the molecule is CCn1ncc2c(C(=O)NCCNC(C)=O)cc(-c3cccs3)nc21. The Hall–Kier alpha value is -2.74. The highest BCUT2D eigenvalue weighted by molar-refractivity contribution is 7.13. The van der Waals surface area contributed by atoms with E-state index in [-0.39, 0.29) is 11.8 Å². The smallest absolute Gasteiger partial charge is 0.252 e.